The third kappa shape index (κ3) is 18.2. The van der Waals surface area contributed by atoms with Crippen molar-refractivity contribution in [3.8, 4) is 0 Å². The van der Waals surface area contributed by atoms with Crippen LogP contribution in [-0.4, -0.2) is 88.6 Å². The number of fused-ring (bicyclic) bond motifs is 3. The topological polar surface area (TPSA) is 184 Å². The average molecular weight is 1410 g/mol. The number of aliphatic hydroxyl groups excluding tert-OH is 2. The molecular weight excluding hydrogens is 1300 g/mol. The SMILES string of the molecule is O=C(NN1CCCCC1)c1nn(Cc2ccccc2)c2c1CCCCC2c1ccccc1.O=C(N[C@@H](CO)c1ccccc1)c1nn(C2CCCCC2)c2c1CCCC[C@@H]2Cc1ccc(F)cc1.O=C(N[C@@H](CO)c1ccccc1)c1nn(C2CCCCC2)c2c1CCCC[C@H]2Cc1ccc(F)cc1. The molecule has 5 atom stereocenters. The van der Waals surface area contributed by atoms with Gasteiger partial charge in [-0.1, -0.05) is 210 Å². The van der Waals surface area contributed by atoms with E-state index >= 15 is 0 Å². The van der Waals surface area contributed by atoms with E-state index in [0.717, 1.165) is 180 Å². The van der Waals surface area contributed by atoms with Crippen LogP contribution in [0.5, 0.6) is 0 Å². The van der Waals surface area contributed by atoms with E-state index in [1.165, 1.54) is 97.4 Å². The van der Waals surface area contributed by atoms with Gasteiger partial charge < -0.3 is 20.8 Å². The van der Waals surface area contributed by atoms with Crippen molar-refractivity contribution >= 4 is 17.7 Å². The Bertz CT molecular complexity index is 4020. The summed E-state index contributed by atoms with van der Waals surface area (Å²) in [7, 11) is 0. The lowest BCUT2D eigenvalue weighted by Crippen LogP contribution is -2.45. The molecule has 5 aliphatic carbocycles. The maximum absolute atomic E-state index is 13.6. The molecule has 15 rings (SSSR count). The van der Waals surface area contributed by atoms with Gasteiger partial charge in [0.15, 0.2) is 17.1 Å². The van der Waals surface area contributed by atoms with Gasteiger partial charge >= 0.3 is 0 Å². The van der Waals surface area contributed by atoms with Gasteiger partial charge in [0.1, 0.15) is 11.6 Å². The van der Waals surface area contributed by atoms with Crippen LogP contribution in [0.3, 0.4) is 0 Å². The number of hydrazine groups is 1. The fraction of sp³-hybridized carbons (Fsp3) is 0.448. The monoisotopic (exact) mass is 1410 g/mol. The highest BCUT2D eigenvalue weighted by Crippen LogP contribution is 2.43. The number of carbonyl (C=O) groups is 3. The third-order valence-corrected chi connectivity index (χ3v) is 22.6. The third-order valence-electron chi connectivity index (χ3n) is 22.6. The van der Waals surface area contributed by atoms with E-state index in [0.29, 0.717) is 35.7 Å². The molecule has 5 N–H and O–H groups in total. The normalized spacial score (nSPS) is 19.3. The number of rotatable bonds is 19. The summed E-state index contributed by atoms with van der Waals surface area (Å²) in [4.78, 5) is 40.6. The summed E-state index contributed by atoms with van der Waals surface area (Å²) < 4.78 is 33.6. The molecule has 0 radical (unpaired) electrons. The second-order valence-corrected chi connectivity index (χ2v) is 29.7. The van der Waals surface area contributed by atoms with Crippen LogP contribution in [0.1, 0.15) is 282 Å². The van der Waals surface area contributed by atoms with Crippen LogP contribution in [0.2, 0.25) is 0 Å². The van der Waals surface area contributed by atoms with Crippen molar-refractivity contribution in [2.75, 3.05) is 26.3 Å². The molecule has 15 nitrogen and oxygen atoms in total. The molecule has 104 heavy (non-hydrogen) atoms. The first-order valence-electron chi connectivity index (χ1n) is 39.0. The van der Waals surface area contributed by atoms with Gasteiger partial charge in [-0.05, 0) is 167 Å². The summed E-state index contributed by atoms with van der Waals surface area (Å²) in [5, 5.41) is 43.2. The van der Waals surface area contributed by atoms with Crippen molar-refractivity contribution in [1.29, 1.82) is 0 Å². The summed E-state index contributed by atoms with van der Waals surface area (Å²) in [6.07, 6.45) is 28.9. The molecule has 1 saturated heterocycles. The number of hydrogen-bond acceptors (Lipinski definition) is 9. The first-order valence-corrected chi connectivity index (χ1v) is 39.0. The molecule has 9 aromatic rings. The number of piperidine rings is 1. The highest BCUT2D eigenvalue weighted by Gasteiger charge is 2.37. The minimum Gasteiger partial charge on any atom is -0.394 e. The van der Waals surface area contributed by atoms with Crippen molar-refractivity contribution in [2.24, 2.45) is 0 Å². The first-order chi connectivity index (χ1) is 51.1. The molecule has 2 saturated carbocycles. The van der Waals surface area contributed by atoms with Gasteiger partial charge in [0.05, 0.1) is 49.6 Å². The second-order valence-electron chi connectivity index (χ2n) is 29.7. The average Bonchev–Trinajstić information content (AvgIpc) is 1.63. The Morgan fingerprint density at radius 1 is 0.413 bits per heavy atom. The smallest absolute Gasteiger partial charge is 0.286 e. The van der Waals surface area contributed by atoms with Crippen LogP contribution in [0.15, 0.2) is 170 Å². The summed E-state index contributed by atoms with van der Waals surface area (Å²) >= 11 is 0. The minimum atomic E-state index is -0.477. The number of aromatic nitrogens is 6. The quantitative estimate of drug-likeness (QED) is 0.0492. The van der Waals surface area contributed by atoms with E-state index in [1.54, 1.807) is 0 Å². The number of amides is 3. The van der Waals surface area contributed by atoms with Gasteiger partial charge in [0.25, 0.3) is 17.7 Å². The van der Waals surface area contributed by atoms with E-state index in [2.05, 4.69) is 89.7 Å². The lowest BCUT2D eigenvalue weighted by atomic mass is 9.89. The number of hydrogen-bond donors (Lipinski definition) is 5. The molecule has 17 heteroatoms. The second kappa shape index (κ2) is 36.2. The molecule has 4 heterocycles. The zero-order valence-corrected chi connectivity index (χ0v) is 60.3. The predicted molar refractivity (Wildman–Crippen MR) is 403 cm³/mol. The Hall–Kier alpha value is -8.90. The fourth-order valence-electron chi connectivity index (χ4n) is 17.3. The molecule has 0 spiro atoms. The highest BCUT2D eigenvalue weighted by molar-refractivity contribution is 5.95. The van der Waals surface area contributed by atoms with Gasteiger partial charge in [-0.15, -0.1) is 0 Å². The Kier molecular flexibility index (Phi) is 25.6. The van der Waals surface area contributed by atoms with E-state index < -0.39 is 12.1 Å². The van der Waals surface area contributed by atoms with Crippen LogP contribution in [0, 0.1) is 11.6 Å². The molecule has 1 unspecified atom stereocenters. The van der Waals surface area contributed by atoms with Gasteiger partial charge in [-0.3, -0.25) is 33.9 Å². The lowest BCUT2D eigenvalue weighted by molar-refractivity contribution is 0.0742. The standard InChI is InChI=1S/2C30H36FN3O2.C27H32N4O/c2*31-24-17-15-21(16-18-24)19-23-11-7-8-14-26-28(33-34(29(23)26)25-12-5-2-6-13-25)30(36)32-27(20-35)22-9-3-1-4-10-22;32-27(29-30-18-10-3-11-19-30)25-24-17-9-8-16-23(22-14-6-2-7-15-22)26(24)31(28-25)20-21-12-4-1-5-13-21/h2*1,3-4,9-10,15-18,23,25,27,35H,2,5-8,11-14,19-20H2,(H,32,36);1-2,4-7,12-15,23H,3,8-11,16-20H2,(H,29,32)/t23-,27+;23-,27-;/m10./s1. The van der Waals surface area contributed by atoms with Crippen LogP contribution >= 0.6 is 0 Å². The molecule has 3 aromatic heterocycles. The summed E-state index contributed by atoms with van der Waals surface area (Å²) in [6, 6.07) is 53.6. The van der Waals surface area contributed by atoms with Crippen LogP contribution in [0.25, 0.3) is 0 Å². The van der Waals surface area contributed by atoms with Gasteiger partial charge in [-0.2, -0.15) is 15.3 Å². The van der Waals surface area contributed by atoms with E-state index in [4.69, 9.17) is 15.3 Å². The molecule has 6 aromatic carbocycles. The number of aliphatic hydroxyl groups is 2. The van der Waals surface area contributed by atoms with Gasteiger partial charge in [0, 0.05) is 58.9 Å². The van der Waals surface area contributed by atoms with Crippen molar-refractivity contribution in [1.82, 2.24) is 50.4 Å². The fourth-order valence-corrected chi connectivity index (χ4v) is 17.3. The maximum Gasteiger partial charge on any atom is 0.286 e. The summed E-state index contributed by atoms with van der Waals surface area (Å²) in [5.74, 6) is -0.174. The number of nitrogens with zero attached hydrogens (tertiary/aromatic N) is 7. The van der Waals surface area contributed by atoms with Crippen LogP contribution < -0.4 is 16.1 Å². The van der Waals surface area contributed by atoms with Gasteiger partial charge in [-0.25, -0.2) is 13.8 Å². The number of nitrogens with one attached hydrogen (secondary N) is 3. The van der Waals surface area contributed by atoms with E-state index in [1.807, 2.05) is 91.0 Å². The first kappa shape index (κ1) is 73.4. The maximum atomic E-state index is 13.6. The number of benzene rings is 6. The highest BCUT2D eigenvalue weighted by atomic mass is 19.1. The number of carbonyl (C=O) groups excluding carboxylic acids is 3. The molecule has 6 aliphatic rings. The molecule has 3 amide bonds. The molecule has 0 bridgehead atoms. The van der Waals surface area contributed by atoms with Gasteiger partial charge in [0.2, 0.25) is 0 Å². The van der Waals surface area contributed by atoms with Crippen molar-refractivity contribution in [3.63, 3.8) is 0 Å². The molecular formula is C87H104F2N10O5. The Labute approximate surface area is 612 Å². The summed E-state index contributed by atoms with van der Waals surface area (Å²) in [5.41, 5.74) is 18.2. The zero-order chi connectivity index (χ0) is 71.6. The predicted octanol–water partition coefficient (Wildman–Crippen LogP) is 17.0. The Balaban J connectivity index is 0.000000139. The largest absolute Gasteiger partial charge is 0.394 e. The minimum absolute atomic E-state index is 0.0522. The Morgan fingerprint density at radius 3 is 1.26 bits per heavy atom. The van der Waals surface area contributed by atoms with Crippen molar-refractivity contribution in [3.05, 3.63) is 266 Å². The Morgan fingerprint density at radius 2 is 0.808 bits per heavy atom. The van der Waals surface area contributed by atoms with Crippen LogP contribution in [0.4, 0.5) is 8.78 Å². The van der Waals surface area contributed by atoms with Crippen molar-refractivity contribution in [2.45, 2.75) is 222 Å². The number of halogens is 2. The van der Waals surface area contributed by atoms with Crippen molar-refractivity contribution < 1.29 is 33.4 Å². The van der Waals surface area contributed by atoms with Crippen LogP contribution in [-0.2, 0) is 38.6 Å². The molecule has 1 aliphatic heterocycles. The summed E-state index contributed by atoms with van der Waals surface area (Å²) in [6.45, 7) is 2.18. The molecule has 3 fully saturated rings. The van der Waals surface area contributed by atoms with E-state index in [9.17, 15) is 33.4 Å². The lowest BCUT2D eigenvalue weighted by Gasteiger charge is -2.27. The van der Waals surface area contributed by atoms with E-state index in [-0.39, 0.29) is 60.3 Å². The zero-order valence-electron chi connectivity index (χ0n) is 60.3. The molecule has 546 valence electrons.